The van der Waals surface area contributed by atoms with Gasteiger partial charge in [0.15, 0.2) is 0 Å². The summed E-state index contributed by atoms with van der Waals surface area (Å²) in [4.78, 5) is 11.7. The van der Waals surface area contributed by atoms with Crippen molar-refractivity contribution in [2.75, 3.05) is 18.4 Å². The van der Waals surface area contributed by atoms with Crippen LogP contribution >= 0.6 is 0 Å². The molecule has 0 bridgehead atoms. The van der Waals surface area contributed by atoms with Crippen molar-refractivity contribution >= 4 is 11.6 Å². The van der Waals surface area contributed by atoms with Crippen LogP contribution in [0.15, 0.2) is 24.3 Å². The van der Waals surface area contributed by atoms with Crippen molar-refractivity contribution in [1.29, 1.82) is 0 Å². The van der Waals surface area contributed by atoms with Gasteiger partial charge in [-0.05, 0) is 37.9 Å². The normalized spacial score (nSPS) is 10.7. The molecule has 1 amide bonds. The Bertz CT molecular complexity index is 371. The molecule has 2 N–H and O–H groups in total. The number of nitrogens with one attached hydrogen (secondary N) is 2. The van der Waals surface area contributed by atoms with E-state index < -0.39 is 0 Å². The summed E-state index contributed by atoms with van der Waals surface area (Å²) < 4.78 is 0. The second-order valence-electron chi connectivity index (χ2n) is 5.48. The van der Waals surface area contributed by atoms with Gasteiger partial charge >= 0.3 is 0 Å². The lowest BCUT2D eigenvalue weighted by Gasteiger charge is -2.07. The van der Waals surface area contributed by atoms with Gasteiger partial charge in [-0.15, -0.1) is 0 Å². The van der Waals surface area contributed by atoms with Crippen molar-refractivity contribution in [1.82, 2.24) is 5.32 Å². The van der Waals surface area contributed by atoms with Crippen molar-refractivity contribution in [2.45, 2.75) is 40.0 Å². The highest BCUT2D eigenvalue weighted by atomic mass is 16.1. The zero-order valence-corrected chi connectivity index (χ0v) is 12.3. The highest BCUT2D eigenvalue weighted by molar-refractivity contribution is 5.92. The van der Waals surface area contributed by atoms with Crippen molar-refractivity contribution in [3.05, 3.63) is 29.8 Å². The SMILES string of the molecule is Cc1ccc(NC(=O)CNCCCCC(C)C)cc1. The predicted molar refractivity (Wildman–Crippen MR) is 81.4 cm³/mol. The van der Waals surface area contributed by atoms with E-state index >= 15 is 0 Å². The molecule has 1 rings (SSSR count). The van der Waals surface area contributed by atoms with Gasteiger partial charge in [0.05, 0.1) is 6.54 Å². The molecular formula is C16H26N2O. The molecule has 0 aromatic heterocycles. The van der Waals surface area contributed by atoms with Gasteiger partial charge in [0, 0.05) is 5.69 Å². The first-order valence-electron chi connectivity index (χ1n) is 7.15. The molecule has 0 saturated carbocycles. The van der Waals surface area contributed by atoms with E-state index in [0.29, 0.717) is 6.54 Å². The van der Waals surface area contributed by atoms with Crippen LogP contribution in [-0.4, -0.2) is 19.0 Å². The maximum absolute atomic E-state index is 11.7. The minimum Gasteiger partial charge on any atom is -0.325 e. The van der Waals surface area contributed by atoms with Crippen LogP contribution in [0.25, 0.3) is 0 Å². The molecule has 1 aromatic rings. The summed E-state index contributed by atoms with van der Waals surface area (Å²) in [5, 5.41) is 6.06. The molecule has 0 spiro atoms. The van der Waals surface area contributed by atoms with Crippen LogP contribution in [0.2, 0.25) is 0 Å². The first-order chi connectivity index (χ1) is 9.08. The molecule has 0 fully saturated rings. The summed E-state index contributed by atoms with van der Waals surface area (Å²) in [6, 6.07) is 7.84. The number of rotatable bonds is 8. The standard InChI is InChI=1S/C16H26N2O/c1-13(2)6-4-5-11-17-12-16(19)18-15-9-7-14(3)8-10-15/h7-10,13,17H,4-6,11-12H2,1-3H3,(H,18,19). The minimum atomic E-state index is 0.0210. The number of benzene rings is 1. The molecule has 1 aromatic carbocycles. The Morgan fingerprint density at radius 3 is 2.47 bits per heavy atom. The monoisotopic (exact) mass is 262 g/mol. The number of hydrogen-bond donors (Lipinski definition) is 2. The molecule has 0 radical (unpaired) electrons. The number of amides is 1. The smallest absolute Gasteiger partial charge is 0.238 e. The molecule has 0 atom stereocenters. The van der Waals surface area contributed by atoms with Crippen molar-refractivity contribution < 1.29 is 4.79 Å². The number of aryl methyl sites for hydroxylation is 1. The summed E-state index contributed by atoms with van der Waals surface area (Å²) in [6.07, 6.45) is 3.62. The van der Waals surface area contributed by atoms with Crippen LogP contribution in [-0.2, 0) is 4.79 Å². The second kappa shape index (κ2) is 8.70. The first-order valence-corrected chi connectivity index (χ1v) is 7.15. The third-order valence-electron chi connectivity index (χ3n) is 3.01. The molecule has 3 heteroatoms. The Hall–Kier alpha value is -1.35. The van der Waals surface area contributed by atoms with Crippen LogP contribution in [0, 0.1) is 12.8 Å². The highest BCUT2D eigenvalue weighted by Crippen LogP contribution is 2.08. The lowest BCUT2D eigenvalue weighted by Crippen LogP contribution is -2.28. The molecule has 0 aliphatic carbocycles. The van der Waals surface area contributed by atoms with E-state index in [9.17, 15) is 4.79 Å². The van der Waals surface area contributed by atoms with E-state index in [1.54, 1.807) is 0 Å². The number of anilines is 1. The van der Waals surface area contributed by atoms with Gasteiger partial charge < -0.3 is 10.6 Å². The Kier molecular flexibility index (Phi) is 7.19. The van der Waals surface area contributed by atoms with E-state index in [0.717, 1.165) is 24.6 Å². The van der Waals surface area contributed by atoms with E-state index in [1.165, 1.54) is 18.4 Å². The molecule has 3 nitrogen and oxygen atoms in total. The van der Waals surface area contributed by atoms with E-state index in [-0.39, 0.29) is 5.91 Å². The maximum Gasteiger partial charge on any atom is 0.238 e. The minimum absolute atomic E-state index is 0.0210. The van der Waals surface area contributed by atoms with Crippen LogP contribution in [0.4, 0.5) is 5.69 Å². The Morgan fingerprint density at radius 2 is 1.84 bits per heavy atom. The fraction of sp³-hybridized carbons (Fsp3) is 0.562. The summed E-state index contributed by atoms with van der Waals surface area (Å²) in [5.41, 5.74) is 2.05. The lowest BCUT2D eigenvalue weighted by atomic mass is 10.1. The molecule has 0 saturated heterocycles. The number of hydrogen-bond acceptors (Lipinski definition) is 2. The first kappa shape index (κ1) is 15.7. The summed E-state index contributed by atoms with van der Waals surface area (Å²) in [6.45, 7) is 7.80. The topological polar surface area (TPSA) is 41.1 Å². The van der Waals surface area contributed by atoms with Crippen molar-refractivity contribution in [3.63, 3.8) is 0 Å². The molecule has 19 heavy (non-hydrogen) atoms. The molecule has 0 aliphatic rings. The molecular weight excluding hydrogens is 236 g/mol. The quantitative estimate of drug-likeness (QED) is 0.705. The van der Waals surface area contributed by atoms with E-state index in [1.807, 2.05) is 31.2 Å². The van der Waals surface area contributed by atoms with Crippen LogP contribution in [0.3, 0.4) is 0 Å². The predicted octanol–water partition coefficient (Wildman–Crippen LogP) is 3.35. The van der Waals surface area contributed by atoms with E-state index in [2.05, 4.69) is 24.5 Å². The zero-order chi connectivity index (χ0) is 14.1. The Balaban J connectivity index is 2.09. The molecule has 0 heterocycles. The third-order valence-corrected chi connectivity index (χ3v) is 3.01. The average Bonchev–Trinajstić information content (AvgIpc) is 2.36. The Labute approximate surface area is 116 Å². The fourth-order valence-electron chi connectivity index (χ4n) is 1.85. The van der Waals surface area contributed by atoms with Gasteiger partial charge in [-0.2, -0.15) is 0 Å². The van der Waals surface area contributed by atoms with Crippen LogP contribution in [0.5, 0.6) is 0 Å². The Morgan fingerprint density at radius 1 is 1.16 bits per heavy atom. The molecule has 0 aliphatic heterocycles. The average molecular weight is 262 g/mol. The molecule has 106 valence electrons. The molecule has 0 unspecified atom stereocenters. The number of carbonyl (C=O) groups excluding carboxylic acids is 1. The zero-order valence-electron chi connectivity index (χ0n) is 12.3. The van der Waals surface area contributed by atoms with Gasteiger partial charge in [-0.3, -0.25) is 4.79 Å². The van der Waals surface area contributed by atoms with Gasteiger partial charge in [-0.1, -0.05) is 44.4 Å². The summed E-state index contributed by atoms with van der Waals surface area (Å²) in [7, 11) is 0. The number of carbonyl (C=O) groups is 1. The van der Waals surface area contributed by atoms with Gasteiger partial charge in [-0.25, -0.2) is 0 Å². The number of unbranched alkanes of at least 4 members (excludes halogenated alkanes) is 1. The van der Waals surface area contributed by atoms with Crippen LogP contribution < -0.4 is 10.6 Å². The van der Waals surface area contributed by atoms with Gasteiger partial charge in [0.1, 0.15) is 0 Å². The highest BCUT2D eigenvalue weighted by Gasteiger charge is 2.01. The van der Waals surface area contributed by atoms with Gasteiger partial charge in [0.25, 0.3) is 0 Å². The largest absolute Gasteiger partial charge is 0.325 e. The van der Waals surface area contributed by atoms with Crippen molar-refractivity contribution in [2.24, 2.45) is 5.92 Å². The lowest BCUT2D eigenvalue weighted by molar-refractivity contribution is -0.115. The second-order valence-corrected chi connectivity index (χ2v) is 5.48. The van der Waals surface area contributed by atoms with E-state index in [4.69, 9.17) is 0 Å². The van der Waals surface area contributed by atoms with Crippen LogP contribution in [0.1, 0.15) is 38.7 Å². The van der Waals surface area contributed by atoms with Gasteiger partial charge in [0.2, 0.25) is 5.91 Å². The fourth-order valence-corrected chi connectivity index (χ4v) is 1.85. The summed E-state index contributed by atoms with van der Waals surface area (Å²) >= 11 is 0. The third kappa shape index (κ3) is 7.62. The summed E-state index contributed by atoms with van der Waals surface area (Å²) in [5.74, 6) is 0.789. The maximum atomic E-state index is 11.7. The van der Waals surface area contributed by atoms with Crippen molar-refractivity contribution in [3.8, 4) is 0 Å².